The van der Waals surface area contributed by atoms with Gasteiger partial charge in [0, 0.05) is 57.8 Å². The number of imidazole rings is 1. The first-order valence-corrected chi connectivity index (χ1v) is 19.6. The molecule has 0 radical (unpaired) electrons. The third-order valence-corrected chi connectivity index (χ3v) is 10.1. The van der Waals surface area contributed by atoms with Crippen molar-refractivity contribution in [2.45, 2.75) is 110 Å². The van der Waals surface area contributed by atoms with Gasteiger partial charge in [-0.2, -0.15) is 0 Å². The highest BCUT2D eigenvalue weighted by molar-refractivity contribution is 5.79. The Morgan fingerprint density at radius 1 is 0.849 bits per heavy atom. The van der Waals surface area contributed by atoms with Gasteiger partial charge in [-0.25, -0.2) is 14.4 Å². The first-order valence-electron chi connectivity index (χ1n) is 19.6. The molecule has 2 aromatic heterocycles. The molecule has 5 rings (SSSR count). The average Bonchev–Trinajstić information content (AvgIpc) is 3.54. The van der Waals surface area contributed by atoms with E-state index in [0.29, 0.717) is 31.9 Å². The number of para-hydroxylation sites is 2. The second-order valence-electron chi connectivity index (χ2n) is 14.1. The van der Waals surface area contributed by atoms with Crippen LogP contribution in [0.25, 0.3) is 11.0 Å². The average molecular weight is 721 g/mol. The van der Waals surface area contributed by atoms with Crippen molar-refractivity contribution in [3.8, 4) is 0 Å². The number of benzene rings is 2. The number of nitrogens with zero attached hydrogens (tertiary/aromatic N) is 6. The predicted octanol–water partition coefficient (Wildman–Crippen LogP) is 9.43. The molecule has 0 N–H and O–H groups in total. The number of hydrogen-bond donors (Lipinski definition) is 0. The number of hydrogen-bond acceptors (Lipinski definition) is 6. The van der Waals surface area contributed by atoms with Crippen LogP contribution >= 0.6 is 0 Å². The van der Waals surface area contributed by atoms with Crippen molar-refractivity contribution in [2.75, 3.05) is 29.9 Å². The SMILES string of the molecule is CCC=CCC=CCC=CCCCCCCCC(=O)CCn1c(N(C)C2CCN(c3nc4ccccc4n3Cc3ccc(F)cc3)CC2)nccc1=O. The number of Topliss-reactive ketones (excluding diaryl/α,β-unsaturated/α-hetero) is 1. The lowest BCUT2D eigenvalue weighted by atomic mass is 10.0. The maximum absolute atomic E-state index is 13.6. The third-order valence-electron chi connectivity index (χ3n) is 10.1. The van der Waals surface area contributed by atoms with E-state index < -0.39 is 0 Å². The molecule has 3 heterocycles. The van der Waals surface area contributed by atoms with Gasteiger partial charge in [-0.1, -0.05) is 86.9 Å². The smallest absolute Gasteiger partial charge is 0.254 e. The van der Waals surface area contributed by atoms with Crippen LogP contribution in [0.3, 0.4) is 0 Å². The number of rotatable bonds is 21. The molecular weight excluding hydrogens is 664 g/mol. The molecule has 0 spiro atoms. The Morgan fingerprint density at radius 2 is 1.55 bits per heavy atom. The Hall–Kier alpha value is -4.79. The summed E-state index contributed by atoms with van der Waals surface area (Å²) in [4.78, 5) is 39.9. The van der Waals surface area contributed by atoms with Crippen molar-refractivity contribution in [3.63, 3.8) is 0 Å². The minimum atomic E-state index is -0.244. The van der Waals surface area contributed by atoms with Gasteiger partial charge in [-0.05, 0) is 81.2 Å². The van der Waals surface area contributed by atoms with Crippen LogP contribution in [0.5, 0.6) is 0 Å². The van der Waals surface area contributed by atoms with E-state index in [2.05, 4.69) is 68.8 Å². The van der Waals surface area contributed by atoms with Gasteiger partial charge in [-0.3, -0.25) is 14.2 Å². The van der Waals surface area contributed by atoms with Crippen molar-refractivity contribution in [3.05, 3.63) is 119 Å². The molecule has 0 atom stereocenters. The van der Waals surface area contributed by atoms with Crippen LogP contribution < -0.4 is 15.4 Å². The molecule has 0 aliphatic carbocycles. The van der Waals surface area contributed by atoms with Crippen LogP contribution in [0, 0.1) is 5.82 Å². The molecule has 1 aliphatic heterocycles. The first-order chi connectivity index (χ1) is 25.9. The number of unbranched alkanes of at least 4 members (excludes halogenated alkanes) is 5. The second-order valence-corrected chi connectivity index (χ2v) is 14.1. The Labute approximate surface area is 314 Å². The normalized spacial score (nSPS) is 14.1. The van der Waals surface area contributed by atoms with Crippen molar-refractivity contribution in [1.29, 1.82) is 0 Å². The summed E-state index contributed by atoms with van der Waals surface area (Å²) in [6, 6.07) is 16.4. The zero-order valence-corrected chi connectivity index (χ0v) is 31.7. The molecule has 0 unspecified atom stereocenters. The maximum Gasteiger partial charge on any atom is 0.254 e. The summed E-state index contributed by atoms with van der Waals surface area (Å²) in [6.07, 6.45) is 27.3. The molecule has 1 fully saturated rings. The highest BCUT2D eigenvalue weighted by atomic mass is 19.1. The number of halogens is 1. The lowest BCUT2D eigenvalue weighted by Crippen LogP contribution is -2.46. The number of carbonyl (C=O) groups excluding carboxylic acids is 1. The van der Waals surface area contributed by atoms with Gasteiger partial charge in [-0.15, -0.1) is 0 Å². The van der Waals surface area contributed by atoms with E-state index in [0.717, 1.165) is 93.4 Å². The molecule has 282 valence electrons. The minimum Gasteiger partial charge on any atom is -0.342 e. The van der Waals surface area contributed by atoms with E-state index in [9.17, 15) is 14.0 Å². The number of anilines is 2. The molecule has 4 aromatic rings. The molecule has 0 amide bonds. The fraction of sp³-hybridized carbons (Fsp3) is 0.455. The highest BCUT2D eigenvalue weighted by Gasteiger charge is 2.28. The minimum absolute atomic E-state index is 0.129. The van der Waals surface area contributed by atoms with Crippen LogP contribution in [0.4, 0.5) is 16.3 Å². The standard InChI is InChI=1S/C44H57FN6O2/c1-3-4-5-6-7-8-9-10-11-12-13-14-15-16-17-20-39(52)30-34-50-42(53)27-31-46-43(50)48(2)38-28-32-49(33-29-38)44-47-40-21-18-19-22-41(40)51(44)35-36-23-25-37(45)26-24-36/h4-5,7-8,10-11,18-19,21-27,31,38H,3,6,9,12-17,20,28-30,32-35H2,1-2H3. The van der Waals surface area contributed by atoms with Crippen LogP contribution in [0.2, 0.25) is 0 Å². The number of ketones is 1. The second kappa shape index (κ2) is 21.0. The molecule has 0 bridgehead atoms. The first kappa shape index (κ1) is 39.4. The monoisotopic (exact) mass is 720 g/mol. The number of allylic oxidation sites excluding steroid dienone is 6. The number of aromatic nitrogens is 4. The van der Waals surface area contributed by atoms with E-state index in [1.54, 1.807) is 10.8 Å². The van der Waals surface area contributed by atoms with Gasteiger partial charge in [0.2, 0.25) is 11.9 Å². The van der Waals surface area contributed by atoms with Gasteiger partial charge in [0.1, 0.15) is 11.6 Å². The van der Waals surface area contributed by atoms with Gasteiger partial charge in [0.25, 0.3) is 5.56 Å². The Morgan fingerprint density at radius 3 is 2.32 bits per heavy atom. The molecule has 0 saturated carbocycles. The van der Waals surface area contributed by atoms with Gasteiger partial charge in [0.15, 0.2) is 0 Å². The summed E-state index contributed by atoms with van der Waals surface area (Å²) in [5.41, 5.74) is 2.87. The van der Waals surface area contributed by atoms with E-state index in [1.807, 2.05) is 37.4 Å². The molecule has 2 aromatic carbocycles. The lowest BCUT2D eigenvalue weighted by molar-refractivity contribution is -0.119. The number of carbonyl (C=O) groups is 1. The Kier molecular flexibility index (Phi) is 15.7. The molecule has 8 nitrogen and oxygen atoms in total. The van der Waals surface area contributed by atoms with E-state index >= 15 is 0 Å². The molecule has 9 heteroatoms. The summed E-state index contributed by atoms with van der Waals surface area (Å²) in [5, 5.41) is 0. The molecule has 53 heavy (non-hydrogen) atoms. The number of fused-ring (bicyclic) bond motifs is 1. The summed E-state index contributed by atoms with van der Waals surface area (Å²) in [5.74, 6) is 1.48. The van der Waals surface area contributed by atoms with Crippen molar-refractivity contribution in [2.24, 2.45) is 0 Å². The van der Waals surface area contributed by atoms with Crippen LogP contribution in [0.15, 0.2) is 102 Å². The van der Waals surface area contributed by atoms with Gasteiger partial charge >= 0.3 is 0 Å². The fourth-order valence-corrected chi connectivity index (χ4v) is 7.07. The van der Waals surface area contributed by atoms with Crippen LogP contribution in [-0.2, 0) is 17.9 Å². The summed E-state index contributed by atoms with van der Waals surface area (Å²) in [7, 11) is 2.00. The van der Waals surface area contributed by atoms with Crippen LogP contribution in [0.1, 0.15) is 96.0 Å². The summed E-state index contributed by atoms with van der Waals surface area (Å²) in [6.45, 7) is 4.68. The van der Waals surface area contributed by atoms with E-state index in [4.69, 9.17) is 4.98 Å². The van der Waals surface area contributed by atoms with E-state index in [-0.39, 0.29) is 23.2 Å². The quantitative estimate of drug-likeness (QED) is 0.0631. The summed E-state index contributed by atoms with van der Waals surface area (Å²) < 4.78 is 17.5. The molecular formula is C44H57FN6O2. The lowest BCUT2D eigenvalue weighted by Gasteiger charge is -2.38. The molecule has 1 saturated heterocycles. The molecule has 1 aliphatic rings. The Bertz CT molecular complexity index is 1870. The Balaban J connectivity index is 1.06. The highest BCUT2D eigenvalue weighted by Crippen LogP contribution is 2.28. The zero-order chi connectivity index (χ0) is 37.3. The summed E-state index contributed by atoms with van der Waals surface area (Å²) >= 11 is 0. The predicted molar refractivity (Wildman–Crippen MR) is 216 cm³/mol. The number of piperidine rings is 1. The van der Waals surface area contributed by atoms with Gasteiger partial charge < -0.3 is 14.4 Å². The van der Waals surface area contributed by atoms with E-state index in [1.165, 1.54) is 31.0 Å². The van der Waals surface area contributed by atoms with Crippen molar-refractivity contribution in [1.82, 2.24) is 19.1 Å². The largest absolute Gasteiger partial charge is 0.342 e. The van der Waals surface area contributed by atoms with Crippen LogP contribution in [-0.4, -0.2) is 51.1 Å². The zero-order valence-electron chi connectivity index (χ0n) is 31.7. The maximum atomic E-state index is 13.6. The third kappa shape index (κ3) is 11.9. The topological polar surface area (TPSA) is 76.3 Å². The van der Waals surface area contributed by atoms with Crippen molar-refractivity contribution < 1.29 is 9.18 Å². The van der Waals surface area contributed by atoms with Gasteiger partial charge in [0.05, 0.1) is 17.6 Å². The van der Waals surface area contributed by atoms with Crippen molar-refractivity contribution >= 4 is 28.7 Å². The fourth-order valence-electron chi connectivity index (χ4n) is 7.07.